The number of anilines is 1. The number of benzene rings is 2. The average Bonchev–Trinajstić information content (AvgIpc) is 2.67. The molecule has 140 valence electrons. The lowest BCUT2D eigenvalue weighted by Gasteiger charge is -2.09. The van der Waals surface area contributed by atoms with E-state index in [9.17, 15) is 9.59 Å². The third kappa shape index (κ3) is 7.07. The minimum absolute atomic E-state index is 0.0463. The number of carbonyl (C=O) groups excluding carboxylic acids is 2. The number of allylic oxidation sites excluding steroid dienone is 1. The zero-order chi connectivity index (χ0) is 19.6. The van der Waals surface area contributed by atoms with Gasteiger partial charge in [0.05, 0.1) is 5.71 Å². The molecule has 0 aliphatic heterocycles. The van der Waals surface area contributed by atoms with E-state index < -0.39 is 0 Å². The molecule has 2 rings (SSSR count). The van der Waals surface area contributed by atoms with Gasteiger partial charge in [0.2, 0.25) is 11.8 Å². The fourth-order valence-electron chi connectivity index (χ4n) is 2.21. The quantitative estimate of drug-likeness (QED) is 0.543. The zero-order valence-electron chi connectivity index (χ0n) is 15.3. The van der Waals surface area contributed by atoms with Crippen molar-refractivity contribution in [2.45, 2.75) is 26.7 Å². The third-order valence-electron chi connectivity index (χ3n) is 3.79. The average molecular weight is 384 g/mol. The van der Waals surface area contributed by atoms with Crippen molar-refractivity contribution in [3.05, 3.63) is 70.8 Å². The fraction of sp³-hybridized carbons (Fsp3) is 0.190. The number of carbonyl (C=O) groups is 2. The smallest absolute Gasteiger partial charge is 0.240 e. The summed E-state index contributed by atoms with van der Waals surface area (Å²) >= 11 is 6.02. The molecule has 0 unspecified atom stereocenters. The predicted octanol–water partition coefficient (Wildman–Crippen LogP) is 4.57. The molecule has 0 fully saturated rings. The van der Waals surface area contributed by atoms with Crippen LogP contribution in [-0.4, -0.2) is 17.5 Å². The SMILES string of the molecule is CC(/C=C\c1ccccc1)=N/NC(=O)CCC(=O)Nc1cccc(Cl)c1C. The highest BCUT2D eigenvalue weighted by molar-refractivity contribution is 6.31. The summed E-state index contributed by atoms with van der Waals surface area (Å²) < 4.78 is 0. The van der Waals surface area contributed by atoms with Crippen molar-refractivity contribution in [2.24, 2.45) is 5.10 Å². The molecule has 0 spiro atoms. The summed E-state index contributed by atoms with van der Waals surface area (Å²) in [5, 5.41) is 7.35. The van der Waals surface area contributed by atoms with Gasteiger partial charge in [0, 0.05) is 23.6 Å². The Balaban J connectivity index is 1.77. The third-order valence-corrected chi connectivity index (χ3v) is 4.20. The minimum atomic E-state index is -0.319. The second kappa shape index (κ2) is 10.3. The van der Waals surface area contributed by atoms with Gasteiger partial charge < -0.3 is 5.32 Å². The first kappa shape index (κ1) is 20.4. The van der Waals surface area contributed by atoms with Crippen molar-refractivity contribution >= 4 is 40.9 Å². The van der Waals surface area contributed by atoms with E-state index in [1.807, 2.05) is 49.4 Å². The van der Waals surface area contributed by atoms with Gasteiger partial charge in [0.15, 0.2) is 0 Å². The van der Waals surface area contributed by atoms with Gasteiger partial charge in [-0.05, 0) is 43.2 Å². The van der Waals surface area contributed by atoms with Gasteiger partial charge in [0.1, 0.15) is 0 Å². The molecule has 2 amide bonds. The molecule has 0 radical (unpaired) electrons. The lowest BCUT2D eigenvalue weighted by Crippen LogP contribution is -2.21. The maximum Gasteiger partial charge on any atom is 0.240 e. The molecule has 0 aliphatic rings. The first-order valence-corrected chi connectivity index (χ1v) is 8.94. The van der Waals surface area contributed by atoms with Gasteiger partial charge in [0.25, 0.3) is 0 Å². The van der Waals surface area contributed by atoms with Crippen LogP contribution in [0.2, 0.25) is 5.02 Å². The second-order valence-electron chi connectivity index (χ2n) is 5.99. The van der Waals surface area contributed by atoms with Crippen molar-refractivity contribution in [1.29, 1.82) is 0 Å². The van der Waals surface area contributed by atoms with Crippen molar-refractivity contribution in [2.75, 3.05) is 5.32 Å². The van der Waals surface area contributed by atoms with Gasteiger partial charge in [-0.2, -0.15) is 5.10 Å². The summed E-state index contributed by atoms with van der Waals surface area (Å²) in [5.41, 5.74) is 5.60. The summed E-state index contributed by atoms with van der Waals surface area (Å²) in [6, 6.07) is 15.1. The number of hydrazone groups is 1. The summed E-state index contributed by atoms with van der Waals surface area (Å²) in [4.78, 5) is 23.9. The van der Waals surface area contributed by atoms with E-state index >= 15 is 0 Å². The molecule has 0 bridgehead atoms. The van der Waals surface area contributed by atoms with Crippen LogP contribution in [0.25, 0.3) is 6.08 Å². The Morgan fingerprint density at radius 2 is 1.74 bits per heavy atom. The monoisotopic (exact) mass is 383 g/mol. The number of hydrogen-bond acceptors (Lipinski definition) is 3. The Labute approximate surface area is 164 Å². The van der Waals surface area contributed by atoms with Crippen LogP contribution in [0.3, 0.4) is 0 Å². The van der Waals surface area contributed by atoms with Crippen LogP contribution in [-0.2, 0) is 9.59 Å². The summed E-state index contributed by atoms with van der Waals surface area (Å²) in [6.45, 7) is 3.61. The van der Waals surface area contributed by atoms with Gasteiger partial charge in [-0.3, -0.25) is 9.59 Å². The normalized spacial score (nSPS) is 11.4. The minimum Gasteiger partial charge on any atom is -0.326 e. The predicted molar refractivity (Wildman–Crippen MR) is 111 cm³/mol. The summed E-state index contributed by atoms with van der Waals surface area (Å²) in [5.74, 6) is -0.569. The molecular weight excluding hydrogens is 362 g/mol. The van der Waals surface area contributed by atoms with Gasteiger partial charge in [-0.15, -0.1) is 0 Å². The van der Waals surface area contributed by atoms with E-state index in [1.54, 1.807) is 25.1 Å². The number of nitrogens with one attached hydrogen (secondary N) is 2. The second-order valence-corrected chi connectivity index (χ2v) is 6.40. The maximum absolute atomic E-state index is 12.0. The Morgan fingerprint density at radius 3 is 2.48 bits per heavy atom. The van der Waals surface area contributed by atoms with Gasteiger partial charge in [-0.25, -0.2) is 5.43 Å². The molecule has 0 saturated carbocycles. The van der Waals surface area contributed by atoms with Crippen LogP contribution in [0.5, 0.6) is 0 Å². The molecule has 6 heteroatoms. The molecule has 2 aromatic carbocycles. The van der Waals surface area contributed by atoms with Gasteiger partial charge in [-0.1, -0.05) is 54.1 Å². The number of hydrogen-bond donors (Lipinski definition) is 2. The van der Waals surface area contributed by atoms with Crippen LogP contribution >= 0.6 is 11.6 Å². The molecule has 2 N–H and O–H groups in total. The molecular formula is C21H22ClN3O2. The number of rotatable bonds is 7. The van der Waals surface area contributed by atoms with Crippen LogP contribution < -0.4 is 10.7 Å². The fourth-order valence-corrected chi connectivity index (χ4v) is 2.38. The van der Waals surface area contributed by atoms with E-state index in [-0.39, 0.29) is 24.7 Å². The van der Waals surface area contributed by atoms with E-state index in [0.717, 1.165) is 11.1 Å². The van der Waals surface area contributed by atoms with Crippen molar-refractivity contribution in [3.63, 3.8) is 0 Å². The van der Waals surface area contributed by atoms with Crippen LogP contribution in [0, 0.1) is 6.92 Å². The molecule has 0 heterocycles. The molecule has 5 nitrogen and oxygen atoms in total. The molecule has 0 aliphatic carbocycles. The van der Waals surface area contributed by atoms with Crippen LogP contribution in [0.15, 0.2) is 59.7 Å². The first-order chi connectivity index (χ1) is 13.0. The lowest BCUT2D eigenvalue weighted by atomic mass is 10.2. The number of halogens is 1. The lowest BCUT2D eigenvalue weighted by molar-refractivity contribution is -0.124. The molecule has 2 aromatic rings. The van der Waals surface area contributed by atoms with E-state index in [0.29, 0.717) is 16.4 Å². The summed E-state index contributed by atoms with van der Waals surface area (Å²) in [7, 11) is 0. The first-order valence-electron chi connectivity index (χ1n) is 8.57. The highest BCUT2D eigenvalue weighted by Gasteiger charge is 2.09. The summed E-state index contributed by atoms with van der Waals surface area (Å²) in [6.07, 6.45) is 3.83. The molecule has 0 saturated heterocycles. The number of nitrogens with zero attached hydrogens (tertiary/aromatic N) is 1. The van der Waals surface area contributed by atoms with Crippen molar-refractivity contribution < 1.29 is 9.59 Å². The van der Waals surface area contributed by atoms with Crippen LogP contribution in [0.1, 0.15) is 30.9 Å². The standard InChI is InChI=1S/C21H22ClN3O2/c1-15(11-12-17-7-4-3-5-8-17)24-25-21(27)14-13-20(26)23-19-10-6-9-18(22)16(19)2/h3-12H,13-14H2,1-2H3,(H,23,26)(H,25,27)/b12-11-,24-15-. The Hall–Kier alpha value is -2.92. The maximum atomic E-state index is 12.0. The van der Waals surface area contributed by atoms with Crippen molar-refractivity contribution in [3.8, 4) is 0 Å². The molecule has 0 aromatic heterocycles. The van der Waals surface area contributed by atoms with E-state index in [2.05, 4.69) is 15.8 Å². The Morgan fingerprint density at radius 1 is 1.04 bits per heavy atom. The highest BCUT2D eigenvalue weighted by atomic mass is 35.5. The van der Waals surface area contributed by atoms with Crippen molar-refractivity contribution in [1.82, 2.24) is 5.43 Å². The Bertz CT molecular complexity index is 861. The zero-order valence-corrected chi connectivity index (χ0v) is 16.1. The topological polar surface area (TPSA) is 70.6 Å². The largest absolute Gasteiger partial charge is 0.326 e. The van der Waals surface area contributed by atoms with Gasteiger partial charge >= 0.3 is 0 Å². The highest BCUT2D eigenvalue weighted by Crippen LogP contribution is 2.23. The van der Waals surface area contributed by atoms with Crippen LogP contribution in [0.4, 0.5) is 5.69 Å². The van der Waals surface area contributed by atoms with E-state index in [1.165, 1.54) is 0 Å². The molecule has 27 heavy (non-hydrogen) atoms. The van der Waals surface area contributed by atoms with E-state index in [4.69, 9.17) is 11.6 Å². The molecule has 0 atom stereocenters. The number of amides is 2. The Kier molecular flexibility index (Phi) is 7.77.